The van der Waals surface area contributed by atoms with E-state index in [1.165, 1.54) is 0 Å². The first kappa shape index (κ1) is 31.8. The van der Waals surface area contributed by atoms with Crippen LogP contribution in [0.2, 0.25) is 0 Å². The molecule has 1 radical (unpaired) electrons. The van der Waals surface area contributed by atoms with Crippen LogP contribution in [0, 0.1) is 0 Å². The average molecular weight is 221 g/mol. The van der Waals surface area contributed by atoms with E-state index in [4.69, 9.17) is 14.1 Å². The number of rotatable bonds is 0. The van der Waals surface area contributed by atoms with E-state index in [0.717, 1.165) is 0 Å². The fourth-order valence-electron chi connectivity index (χ4n) is 0. The summed E-state index contributed by atoms with van der Waals surface area (Å²) in [7, 11) is -3.13. The first-order valence-electron chi connectivity index (χ1n) is 0.651. The van der Waals surface area contributed by atoms with Gasteiger partial charge in [0.15, 0.2) is 17.4 Å². The predicted octanol–water partition coefficient (Wildman–Crippen LogP) is -6.51. The van der Waals surface area contributed by atoms with Crippen molar-refractivity contribution in [3.8, 4) is 0 Å². The van der Waals surface area contributed by atoms with Crippen LogP contribution in [-0.4, -0.2) is 41.6 Å². The van der Waals surface area contributed by atoms with E-state index in [2.05, 4.69) is 0 Å². The molecule has 0 amide bonds. The molecule has 0 heterocycles. The van der Waals surface area contributed by atoms with Gasteiger partial charge in [0.25, 0.3) is 0 Å². The van der Waals surface area contributed by atoms with Crippen LogP contribution >= 0.6 is 0 Å². The Balaban J connectivity index is -0.00000000450. The molecule has 0 fully saturated rings. The van der Waals surface area contributed by atoms with E-state index in [-0.39, 0.29) is 92.7 Å². The quantitative estimate of drug-likeness (QED) is 0.399. The minimum atomic E-state index is -3.13. The number of hydrogen-bond acceptors (Lipinski definition) is 1. The van der Waals surface area contributed by atoms with Gasteiger partial charge in [-0.05, 0) is 0 Å². The smallest absolute Gasteiger partial charge is 1.00 e. The maximum Gasteiger partial charge on any atom is 1.00 e. The summed E-state index contributed by atoms with van der Waals surface area (Å²) in [5.74, 6) is 0. The minimum Gasteiger partial charge on any atom is -1.00 e. The molecule has 0 atom stereocenters. The topological polar surface area (TPSA) is 89.0 Å². The molecule has 0 saturated heterocycles. The Hall–Kier alpha value is 2.27. The minimum absolute atomic E-state index is 0. The van der Waals surface area contributed by atoms with Crippen molar-refractivity contribution in [2.24, 2.45) is 0 Å². The van der Waals surface area contributed by atoms with Gasteiger partial charge in [-0.25, -0.2) is 0 Å². The molecular weight excluding hydrogens is 213 g/mol. The summed E-state index contributed by atoms with van der Waals surface area (Å²) >= 11 is 0. The molecule has 0 bridgehead atoms. The van der Waals surface area contributed by atoms with Crippen molar-refractivity contribution in [1.82, 2.24) is 0 Å². The Morgan fingerprint density at radius 2 is 1.38 bits per heavy atom. The van der Waals surface area contributed by atoms with E-state index in [9.17, 15) is 0 Å². The normalized spacial score (nSPS) is 3.00. The van der Waals surface area contributed by atoms with Crippen molar-refractivity contribution in [2.75, 3.05) is 0 Å². The molecule has 0 saturated carbocycles. The van der Waals surface area contributed by atoms with Crippen molar-refractivity contribution < 1.29 is 89.4 Å². The fourth-order valence-corrected chi connectivity index (χ4v) is 0. The summed E-state index contributed by atoms with van der Waals surface area (Å²) in [5, 5.41) is 0. The van der Waals surface area contributed by atoms with Gasteiger partial charge in [-0.2, -0.15) is 0 Å². The fraction of sp³-hybridized carbons (Fsp3) is 0. The van der Waals surface area contributed by atoms with Crippen molar-refractivity contribution in [2.45, 2.75) is 0 Å². The van der Waals surface area contributed by atoms with Crippen LogP contribution in [0.25, 0.3) is 0 Å². The molecule has 0 aliphatic rings. The summed E-state index contributed by atoms with van der Waals surface area (Å²) in [6.07, 6.45) is 0. The zero-order valence-corrected chi connectivity index (χ0v) is 8.98. The monoisotopic (exact) mass is 221 g/mol. The van der Waals surface area contributed by atoms with Gasteiger partial charge >= 0.3 is 60.6 Å². The van der Waals surface area contributed by atoms with E-state index in [0.29, 0.717) is 0 Å². The SMILES string of the molecule is O.O=[Si](O)O.[AlH3].[H-].[K+].[Mn]. The summed E-state index contributed by atoms with van der Waals surface area (Å²) in [6, 6.07) is 0. The van der Waals surface area contributed by atoms with Crippen LogP contribution in [0.15, 0.2) is 0 Å². The summed E-state index contributed by atoms with van der Waals surface area (Å²) in [6.45, 7) is 0. The van der Waals surface area contributed by atoms with Gasteiger partial charge in [0.2, 0.25) is 0 Å². The van der Waals surface area contributed by atoms with E-state index < -0.39 is 9.17 Å². The van der Waals surface area contributed by atoms with Crippen LogP contribution in [0.3, 0.4) is 0 Å². The molecule has 8 heteroatoms. The second kappa shape index (κ2) is 22.8. The van der Waals surface area contributed by atoms with Gasteiger partial charge in [-0.1, -0.05) is 0 Å². The largest absolute Gasteiger partial charge is 1.00 e. The Morgan fingerprint density at radius 1 is 1.38 bits per heavy atom. The second-order valence-electron chi connectivity index (χ2n) is 0.283. The van der Waals surface area contributed by atoms with E-state index >= 15 is 0 Å². The van der Waals surface area contributed by atoms with Crippen molar-refractivity contribution in [3.05, 3.63) is 0 Å². The molecule has 0 aliphatic heterocycles. The molecule has 4 nitrogen and oxygen atoms in total. The molecule has 0 aliphatic carbocycles. The van der Waals surface area contributed by atoms with E-state index in [1.807, 2.05) is 0 Å². The van der Waals surface area contributed by atoms with Gasteiger partial charge in [-0.3, -0.25) is 4.46 Å². The summed E-state index contributed by atoms with van der Waals surface area (Å²) in [4.78, 5) is 14.3. The maximum atomic E-state index is 8.74. The van der Waals surface area contributed by atoms with Crippen LogP contribution < -0.4 is 51.4 Å². The predicted molar refractivity (Wildman–Crippen MR) is 25.5 cm³/mol. The van der Waals surface area contributed by atoms with Gasteiger partial charge in [0.05, 0.1) is 0 Å². The van der Waals surface area contributed by atoms with Gasteiger partial charge in [-0.15, -0.1) is 0 Å². The van der Waals surface area contributed by atoms with Gasteiger partial charge < -0.3 is 16.5 Å². The summed E-state index contributed by atoms with van der Waals surface area (Å²) in [5.41, 5.74) is 0. The number of hydrogen-bond donors (Lipinski definition) is 2. The molecule has 47 valence electrons. The second-order valence-corrected chi connectivity index (χ2v) is 0.848. The molecule has 0 rings (SSSR count). The molecule has 0 aromatic carbocycles. The van der Waals surface area contributed by atoms with Crippen LogP contribution in [0.1, 0.15) is 1.43 Å². The summed E-state index contributed by atoms with van der Waals surface area (Å²) < 4.78 is 8.74. The first-order valence-corrected chi connectivity index (χ1v) is 1.95. The van der Waals surface area contributed by atoms with Crippen molar-refractivity contribution in [3.63, 3.8) is 0 Å². The zero-order chi connectivity index (χ0) is 3.58. The Bertz CT molecular complexity index is 43.5. The van der Waals surface area contributed by atoms with Crippen LogP contribution in [0.4, 0.5) is 0 Å². The third-order valence-corrected chi connectivity index (χ3v) is 0. The molecule has 8 heavy (non-hydrogen) atoms. The standard InChI is InChI=1S/Al.K.Mn.H2O3Si.H2O.4H/c;;;1-4(2)3;;;;;/h;;;1-2H;1H2;;;;/q;+1;;;;;;;-1. The van der Waals surface area contributed by atoms with Gasteiger partial charge in [0, 0.05) is 17.1 Å². The Morgan fingerprint density at radius 3 is 1.38 bits per heavy atom. The Kier molecular flexibility index (Phi) is 90.7. The molecule has 0 unspecified atom stereocenters. The van der Waals surface area contributed by atoms with Gasteiger partial charge in [0.1, 0.15) is 0 Å². The van der Waals surface area contributed by atoms with Crippen molar-refractivity contribution >= 4 is 26.5 Å². The molecule has 0 aromatic heterocycles. The molecule has 4 N–H and O–H groups in total. The zero-order valence-electron chi connectivity index (χ0n) is 4.68. The Labute approximate surface area is 114 Å². The third-order valence-electron chi connectivity index (χ3n) is 0. The maximum absolute atomic E-state index is 8.74. The van der Waals surface area contributed by atoms with Crippen LogP contribution in [0.5, 0.6) is 0 Å². The van der Waals surface area contributed by atoms with Crippen LogP contribution in [-0.2, 0) is 21.5 Å². The average Bonchev–Trinajstić information content (AvgIpc) is 0.811. The third kappa shape index (κ3) is 85.0. The van der Waals surface area contributed by atoms with E-state index in [1.54, 1.807) is 0 Å². The molecule has 0 aromatic rings. The first-order chi connectivity index (χ1) is 1.73. The van der Waals surface area contributed by atoms with Crippen molar-refractivity contribution in [1.29, 1.82) is 0 Å². The molecule has 0 spiro atoms. The molecular formula is H8AlKMnO4Si.